The van der Waals surface area contributed by atoms with Gasteiger partial charge in [-0.3, -0.25) is 5.10 Å². The molecule has 0 bridgehead atoms. The van der Waals surface area contributed by atoms with Gasteiger partial charge in [0.05, 0.1) is 6.04 Å². The first kappa shape index (κ1) is 12.4. The first-order valence-corrected chi connectivity index (χ1v) is 7.06. The number of rotatable bonds is 5. The minimum atomic E-state index is 0.215. The Morgan fingerprint density at radius 3 is 3.00 bits per heavy atom. The van der Waals surface area contributed by atoms with Gasteiger partial charge in [-0.05, 0) is 48.9 Å². The summed E-state index contributed by atoms with van der Waals surface area (Å²) >= 11 is 0. The van der Waals surface area contributed by atoms with Gasteiger partial charge in [0.2, 0.25) is 0 Å². The van der Waals surface area contributed by atoms with Crippen LogP contribution < -0.4 is 5.32 Å². The summed E-state index contributed by atoms with van der Waals surface area (Å²) < 4.78 is 0. The van der Waals surface area contributed by atoms with Crippen LogP contribution in [0.15, 0.2) is 24.5 Å². The van der Waals surface area contributed by atoms with E-state index >= 15 is 0 Å². The van der Waals surface area contributed by atoms with Gasteiger partial charge in [-0.2, -0.15) is 5.10 Å². The lowest BCUT2D eigenvalue weighted by Gasteiger charge is -2.15. The molecule has 2 N–H and O–H groups in total. The smallest absolute Gasteiger partial charge is 0.141 e. The molecule has 1 aliphatic carbocycles. The normalized spacial score (nSPS) is 15.4. The summed E-state index contributed by atoms with van der Waals surface area (Å²) in [5, 5.41) is 10.4. The number of aryl methyl sites for hydroxylation is 2. The number of hydrogen-bond acceptors (Lipinski definition) is 3. The lowest BCUT2D eigenvalue weighted by molar-refractivity contribution is 0.523. The van der Waals surface area contributed by atoms with Crippen LogP contribution in [0.5, 0.6) is 0 Å². The maximum absolute atomic E-state index is 4.27. The summed E-state index contributed by atoms with van der Waals surface area (Å²) in [6.07, 6.45) is 6.31. The van der Waals surface area contributed by atoms with E-state index in [1.807, 2.05) is 0 Å². The van der Waals surface area contributed by atoms with E-state index in [0.717, 1.165) is 18.8 Å². The van der Waals surface area contributed by atoms with Gasteiger partial charge >= 0.3 is 0 Å². The molecule has 1 aromatic carbocycles. The van der Waals surface area contributed by atoms with Gasteiger partial charge in [0.1, 0.15) is 12.2 Å². The van der Waals surface area contributed by atoms with E-state index in [1.54, 1.807) is 6.33 Å². The van der Waals surface area contributed by atoms with Crippen LogP contribution in [0.3, 0.4) is 0 Å². The average Bonchev–Trinajstić information content (AvgIpc) is 3.09. The summed E-state index contributed by atoms with van der Waals surface area (Å²) in [4.78, 5) is 4.27. The molecule has 2 aromatic rings. The predicted molar refractivity (Wildman–Crippen MR) is 75.0 cm³/mol. The van der Waals surface area contributed by atoms with Crippen molar-refractivity contribution in [1.29, 1.82) is 0 Å². The largest absolute Gasteiger partial charge is 0.307 e. The first-order chi connectivity index (χ1) is 9.36. The molecular weight excluding hydrogens is 236 g/mol. The molecule has 0 spiro atoms. The van der Waals surface area contributed by atoms with Crippen LogP contribution in [0.1, 0.15) is 41.9 Å². The monoisotopic (exact) mass is 256 g/mol. The lowest BCUT2D eigenvalue weighted by atomic mass is 10.0. The zero-order valence-corrected chi connectivity index (χ0v) is 11.3. The maximum atomic E-state index is 4.27. The van der Waals surface area contributed by atoms with E-state index in [9.17, 15) is 0 Å². The summed E-state index contributed by atoms with van der Waals surface area (Å²) in [6.45, 7) is 3.04. The third-order valence-corrected chi connectivity index (χ3v) is 3.82. The third kappa shape index (κ3) is 2.68. The van der Waals surface area contributed by atoms with Gasteiger partial charge in [0.25, 0.3) is 0 Å². The zero-order chi connectivity index (χ0) is 13.1. The number of fused-ring (bicyclic) bond motifs is 1. The molecule has 19 heavy (non-hydrogen) atoms. The fourth-order valence-corrected chi connectivity index (χ4v) is 2.88. The van der Waals surface area contributed by atoms with E-state index in [4.69, 9.17) is 0 Å². The van der Waals surface area contributed by atoms with Gasteiger partial charge in [0, 0.05) is 0 Å². The van der Waals surface area contributed by atoms with E-state index in [-0.39, 0.29) is 6.04 Å². The highest BCUT2D eigenvalue weighted by Gasteiger charge is 2.16. The maximum Gasteiger partial charge on any atom is 0.141 e. The summed E-state index contributed by atoms with van der Waals surface area (Å²) in [5.41, 5.74) is 4.44. The Morgan fingerprint density at radius 2 is 2.21 bits per heavy atom. The van der Waals surface area contributed by atoms with Gasteiger partial charge in [-0.25, -0.2) is 4.98 Å². The van der Waals surface area contributed by atoms with Crippen LogP contribution >= 0.6 is 0 Å². The highest BCUT2D eigenvalue weighted by Crippen LogP contribution is 2.24. The van der Waals surface area contributed by atoms with Crippen molar-refractivity contribution in [2.45, 2.75) is 38.6 Å². The van der Waals surface area contributed by atoms with Gasteiger partial charge in [0.15, 0.2) is 0 Å². The molecule has 1 heterocycles. The van der Waals surface area contributed by atoms with Gasteiger partial charge in [-0.15, -0.1) is 0 Å². The highest BCUT2D eigenvalue weighted by molar-refractivity contribution is 5.35. The molecular formula is C15H20N4. The van der Waals surface area contributed by atoms with Crippen LogP contribution in [0.4, 0.5) is 0 Å². The van der Waals surface area contributed by atoms with Crippen molar-refractivity contribution in [1.82, 2.24) is 20.5 Å². The number of nitrogens with zero attached hydrogens (tertiary/aromatic N) is 2. The fourth-order valence-electron chi connectivity index (χ4n) is 2.88. The molecule has 0 saturated carbocycles. The second-order valence-electron chi connectivity index (χ2n) is 5.14. The number of hydrogen-bond donors (Lipinski definition) is 2. The van der Waals surface area contributed by atoms with Crippen molar-refractivity contribution in [3.63, 3.8) is 0 Å². The molecule has 0 aliphatic heterocycles. The van der Waals surface area contributed by atoms with Crippen LogP contribution in [0.25, 0.3) is 0 Å². The molecule has 1 aromatic heterocycles. The molecule has 0 saturated heterocycles. The Balaban J connectivity index is 1.78. The Kier molecular flexibility index (Phi) is 3.60. The second kappa shape index (κ2) is 5.53. The highest BCUT2D eigenvalue weighted by atomic mass is 15.2. The minimum Gasteiger partial charge on any atom is -0.307 e. The van der Waals surface area contributed by atoms with E-state index in [0.29, 0.717) is 0 Å². The third-order valence-electron chi connectivity index (χ3n) is 3.82. The Bertz CT molecular complexity index is 533. The standard InChI is InChI=1S/C15H20N4/c1-2-16-14(15-17-10-18-19-15)9-11-6-7-12-4-3-5-13(12)8-11/h6-8,10,14,16H,2-5,9H2,1H3,(H,17,18,19). The fraction of sp³-hybridized carbons (Fsp3) is 0.467. The van der Waals surface area contributed by atoms with E-state index in [2.05, 4.69) is 45.6 Å². The summed E-state index contributed by atoms with van der Waals surface area (Å²) in [5.74, 6) is 0.919. The summed E-state index contributed by atoms with van der Waals surface area (Å²) in [6, 6.07) is 7.13. The molecule has 4 nitrogen and oxygen atoms in total. The van der Waals surface area contributed by atoms with Crippen molar-refractivity contribution in [3.8, 4) is 0 Å². The van der Waals surface area contributed by atoms with E-state index in [1.165, 1.54) is 36.0 Å². The SMILES string of the molecule is CCNC(Cc1ccc2c(c1)CCC2)c1ncn[nH]1. The average molecular weight is 256 g/mol. The van der Waals surface area contributed by atoms with Crippen molar-refractivity contribution in [2.75, 3.05) is 6.54 Å². The number of nitrogens with one attached hydrogen (secondary N) is 2. The lowest BCUT2D eigenvalue weighted by Crippen LogP contribution is -2.24. The molecule has 100 valence electrons. The number of likely N-dealkylation sites (N-methyl/N-ethyl adjacent to an activating group) is 1. The number of H-pyrrole nitrogens is 1. The number of benzene rings is 1. The summed E-state index contributed by atoms with van der Waals surface area (Å²) in [7, 11) is 0. The van der Waals surface area contributed by atoms with E-state index < -0.39 is 0 Å². The topological polar surface area (TPSA) is 53.6 Å². The Hall–Kier alpha value is -1.68. The number of aromatic nitrogens is 3. The quantitative estimate of drug-likeness (QED) is 0.862. The molecule has 0 radical (unpaired) electrons. The molecule has 0 amide bonds. The molecule has 1 atom stereocenters. The molecule has 0 fully saturated rings. The number of aromatic amines is 1. The molecule has 1 unspecified atom stereocenters. The van der Waals surface area contributed by atoms with Crippen molar-refractivity contribution in [2.24, 2.45) is 0 Å². The van der Waals surface area contributed by atoms with Crippen molar-refractivity contribution in [3.05, 3.63) is 47.0 Å². The van der Waals surface area contributed by atoms with Crippen LogP contribution in [-0.4, -0.2) is 21.7 Å². The second-order valence-corrected chi connectivity index (χ2v) is 5.14. The molecule has 4 heteroatoms. The Morgan fingerprint density at radius 1 is 1.32 bits per heavy atom. The van der Waals surface area contributed by atoms with Crippen LogP contribution in [0, 0.1) is 0 Å². The zero-order valence-electron chi connectivity index (χ0n) is 11.3. The predicted octanol–water partition coefficient (Wildman–Crippen LogP) is 2.19. The molecule has 1 aliphatic rings. The first-order valence-electron chi connectivity index (χ1n) is 7.06. The van der Waals surface area contributed by atoms with Gasteiger partial charge in [-0.1, -0.05) is 25.1 Å². The van der Waals surface area contributed by atoms with Gasteiger partial charge < -0.3 is 5.32 Å². The van der Waals surface area contributed by atoms with Crippen LogP contribution in [-0.2, 0) is 19.3 Å². The minimum absolute atomic E-state index is 0.215. The molecule has 3 rings (SSSR count). The van der Waals surface area contributed by atoms with Crippen molar-refractivity contribution < 1.29 is 0 Å². The van der Waals surface area contributed by atoms with Crippen molar-refractivity contribution >= 4 is 0 Å². The Labute approximate surface area is 113 Å². The van der Waals surface area contributed by atoms with Crippen LogP contribution in [0.2, 0.25) is 0 Å².